The van der Waals surface area contributed by atoms with Crippen molar-refractivity contribution in [1.82, 2.24) is 0 Å². The van der Waals surface area contributed by atoms with Crippen LogP contribution in [0.25, 0.3) is 0 Å². The fraction of sp³-hybridized carbons (Fsp3) is 0.636. The number of rotatable bonds is 4. The minimum absolute atomic E-state index is 0.594. The lowest BCUT2D eigenvalue weighted by Crippen LogP contribution is -2.19. The Labute approximate surface area is 78.7 Å². The van der Waals surface area contributed by atoms with E-state index in [4.69, 9.17) is 6.42 Å². The molecular weight excluding hydrogens is 160 g/mol. The van der Waals surface area contributed by atoms with Gasteiger partial charge in [0.1, 0.15) is 0 Å². The highest BCUT2D eigenvalue weighted by Gasteiger charge is 2.16. The van der Waals surface area contributed by atoms with E-state index in [-0.39, 0.29) is 0 Å². The van der Waals surface area contributed by atoms with Gasteiger partial charge in [0.2, 0.25) is 0 Å². The van der Waals surface area contributed by atoms with Crippen molar-refractivity contribution in [3.8, 4) is 12.3 Å². The monoisotopic (exact) mass is 180 g/mol. The predicted molar refractivity (Wildman–Crippen MR) is 60.1 cm³/mol. The Hall–Kier alpha value is -0.483. The van der Waals surface area contributed by atoms with Gasteiger partial charge in [0.05, 0.1) is 0 Å². The summed E-state index contributed by atoms with van der Waals surface area (Å²) in [7, 11) is -0.594. The lowest BCUT2D eigenvalue weighted by Gasteiger charge is -2.21. The molecule has 0 nitrogen and oxygen atoms in total. The molecule has 0 fully saturated rings. The molecule has 0 aliphatic rings. The molecule has 12 heavy (non-hydrogen) atoms. The van der Waals surface area contributed by atoms with Crippen molar-refractivity contribution in [3.63, 3.8) is 0 Å². The van der Waals surface area contributed by atoms with Crippen molar-refractivity contribution in [3.05, 3.63) is 12.2 Å². The van der Waals surface area contributed by atoms with Crippen molar-refractivity contribution in [2.24, 2.45) is 0 Å². The van der Waals surface area contributed by atoms with Gasteiger partial charge < -0.3 is 0 Å². The van der Waals surface area contributed by atoms with Crippen LogP contribution >= 0.6 is 0 Å². The summed E-state index contributed by atoms with van der Waals surface area (Å²) in [5.41, 5.74) is 1.76. The maximum atomic E-state index is 5.15. The third kappa shape index (κ3) is 4.41. The summed E-state index contributed by atoms with van der Waals surface area (Å²) >= 11 is 0. The zero-order valence-electron chi connectivity index (χ0n) is 8.67. The third-order valence-corrected chi connectivity index (χ3v) is 6.58. The van der Waals surface area contributed by atoms with E-state index in [9.17, 15) is 0 Å². The maximum Gasteiger partial charge on any atom is 0.0457 e. The topological polar surface area (TPSA) is 0 Å². The van der Waals surface area contributed by atoms with Gasteiger partial charge in [0.15, 0.2) is 0 Å². The molecule has 0 aromatic rings. The fourth-order valence-electron chi connectivity index (χ4n) is 1.61. The Balaban J connectivity index is 3.98. The molecule has 0 heterocycles. The Morgan fingerprint density at radius 1 is 1.25 bits per heavy atom. The molecule has 0 aromatic carbocycles. The van der Waals surface area contributed by atoms with Crippen molar-refractivity contribution in [2.75, 3.05) is 0 Å². The van der Waals surface area contributed by atoms with Gasteiger partial charge in [-0.2, -0.15) is 0 Å². The lowest BCUT2D eigenvalue weighted by atomic mass is 10.5. The van der Waals surface area contributed by atoms with Gasteiger partial charge >= 0.3 is 0 Å². The average Bonchev–Trinajstić information content (AvgIpc) is 1.96. The second kappa shape index (κ2) is 6.08. The zero-order valence-corrected chi connectivity index (χ0v) is 9.83. The van der Waals surface area contributed by atoms with Crippen LogP contribution in [0.5, 0.6) is 0 Å². The number of allylic oxidation sites excluding steroid dienone is 2. The zero-order chi connectivity index (χ0) is 9.56. The Morgan fingerprint density at radius 3 is 2.08 bits per heavy atom. The number of hydrogen-bond donors (Lipinski definition) is 0. The second-order valence-corrected chi connectivity index (χ2v) is 8.42. The van der Waals surface area contributed by atoms with Crippen LogP contribution < -0.4 is 0 Å². The summed E-state index contributed by atoms with van der Waals surface area (Å²) in [6.07, 6.45) is 9.15. The molecule has 0 saturated carbocycles. The van der Waals surface area contributed by atoms with Crippen LogP contribution in [0.15, 0.2) is 12.2 Å². The Kier molecular flexibility index (Phi) is 5.83. The molecule has 0 bridgehead atoms. The highest BCUT2D eigenvalue weighted by molar-refractivity contribution is 6.62. The van der Waals surface area contributed by atoms with Gasteiger partial charge in [0.25, 0.3) is 0 Å². The average molecular weight is 180 g/mol. The predicted octanol–water partition coefficient (Wildman–Crippen LogP) is 3.22. The molecule has 0 atom stereocenters. The van der Waals surface area contributed by atoms with Crippen LogP contribution in [0.4, 0.5) is 0 Å². The summed E-state index contributed by atoms with van der Waals surface area (Å²) in [6, 6.07) is 1.25. The quantitative estimate of drug-likeness (QED) is 0.460. The van der Waals surface area contributed by atoms with Gasteiger partial charge in [-0.15, -0.1) is 6.42 Å². The maximum absolute atomic E-state index is 5.15. The van der Waals surface area contributed by atoms with Gasteiger partial charge in [-0.25, -0.2) is 0 Å². The first-order valence-electron chi connectivity index (χ1n) is 4.70. The van der Waals surface area contributed by atoms with Crippen LogP contribution in [0, 0.1) is 12.3 Å². The highest BCUT2D eigenvalue weighted by atomic mass is 28.3. The molecule has 0 N–H and O–H groups in total. The van der Waals surface area contributed by atoms with Crippen molar-refractivity contribution in [1.29, 1.82) is 0 Å². The molecule has 0 amide bonds. The largest absolute Gasteiger partial charge is 0.115 e. The van der Waals surface area contributed by atoms with Crippen molar-refractivity contribution < 1.29 is 0 Å². The molecule has 68 valence electrons. The van der Waals surface area contributed by atoms with Gasteiger partial charge in [-0.1, -0.05) is 50.8 Å². The van der Waals surface area contributed by atoms with Gasteiger partial charge in [-0.3, -0.25) is 0 Å². The van der Waals surface area contributed by atoms with E-state index >= 15 is 0 Å². The molecule has 0 spiro atoms. The van der Waals surface area contributed by atoms with E-state index in [0.29, 0.717) is 0 Å². The van der Waals surface area contributed by atoms with Gasteiger partial charge in [0, 0.05) is 8.80 Å². The summed E-state index contributed by atoms with van der Waals surface area (Å²) < 4.78 is 0. The molecule has 0 saturated heterocycles. The molecule has 0 aromatic heterocycles. The molecule has 0 aliphatic carbocycles. The summed E-state index contributed by atoms with van der Waals surface area (Å²) in [4.78, 5) is 0. The summed E-state index contributed by atoms with van der Waals surface area (Å²) in [5.74, 6) is 2.54. The normalized spacial score (nSPS) is 11.8. The summed E-state index contributed by atoms with van der Waals surface area (Å²) in [6.45, 7) is 9.34. The molecular formula is C11H20Si. The van der Waals surface area contributed by atoms with E-state index in [0.717, 1.165) is 11.1 Å². The lowest BCUT2D eigenvalue weighted by molar-refractivity contribution is 0.932. The highest BCUT2D eigenvalue weighted by Crippen LogP contribution is 2.23. The first-order chi connectivity index (χ1) is 5.59. The van der Waals surface area contributed by atoms with Gasteiger partial charge in [-0.05, 0) is 12.1 Å². The van der Waals surface area contributed by atoms with Crippen LogP contribution in [-0.2, 0) is 0 Å². The second-order valence-electron chi connectivity index (χ2n) is 3.96. The molecule has 0 radical (unpaired) electrons. The van der Waals surface area contributed by atoms with E-state index < -0.39 is 8.80 Å². The summed E-state index contributed by atoms with van der Waals surface area (Å²) in [5, 5.41) is 0. The van der Waals surface area contributed by atoms with E-state index in [1.165, 1.54) is 6.04 Å². The fourth-order valence-corrected chi connectivity index (χ4v) is 4.69. The third-order valence-electron chi connectivity index (χ3n) is 2.33. The molecule has 0 rings (SSSR count). The Bertz CT molecular complexity index is 164. The number of terminal acetylenes is 1. The molecule has 1 heteroatoms. The number of hydrogen-bond acceptors (Lipinski definition) is 0. The van der Waals surface area contributed by atoms with Crippen LogP contribution in [0.1, 0.15) is 27.7 Å². The minimum Gasteiger partial charge on any atom is -0.115 e. The standard InChI is InChI=1S/C11H20Si/c1-6-7-8-9-12(10(2)3)11(4)5/h1,7-8,10-12H,9H2,2-5H3. The molecule has 0 unspecified atom stereocenters. The van der Waals surface area contributed by atoms with E-state index in [1.54, 1.807) is 0 Å². The van der Waals surface area contributed by atoms with Crippen molar-refractivity contribution >= 4 is 8.80 Å². The first kappa shape index (κ1) is 11.5. The van der Waals surface area contributed by atoms with Crippen LogP contribution in [0.2, 0.25) is 17.1 Å². The van der Waals surface area contributed by atoms with Crippen LogP contribution in [0.3, 0.4) is 0 Å². The van der Waals surface area contributed by atoms with Crippen molar-refractivity contribution in [2.45, 2.75) is 44.8 Å². The minimum atomic E-state index is -0.594. The van der Waals surface area contributed by atoms with E-state index in [2.05, 4.69) is 39.7 Å². The van der Waals surface area contributed by atoms with Crippen LogP contribution in [-0.4, -0.2) is 8.80 Å². The Morgan fingerprint density at radius 2 is 1.75 bits per heavy atom. The van der Waals surface area contributed by atoms with E-state index in [1.807, 2.05) is 6.08 Å². The molecule has 0 aliphatic heterocycles. The smallest absolute Gasteiger partial charge is 0.0457 e. The SMILES string of the molecule is C#CC=CC[SiH](C(C)C)C(C)C. The first-order valence-corrected chi connectivity index (χ1v) is 6.85.